The van der Waals surface area contributed by atoms with Crippen molar-refractivity contribution >= 4 is 37.1 Å². The van der Waals surface area contributed by atoms with Crippen molar-refractivity contribution < 1.29 is 8.42 Å². The van der Waals surface area contributed by atoms with Gasteiger partial charge in [-0.05, 0) is 47.4 Å². The maximum absolute atomic E-state index is 11.5. The molecule has 1 fully saturated rings. The fourth-order valence-electron chi connectivity index (χ4n) is 2.19. The number of sulfone groups is 1. The number of hydrogen-bond acceptors (Lipinski definition) is 4. The van der Waals surface area contributed by atoms with Gasteiger partial charge in [0.05, 0.1) is 15.3 Å². The molecule has 1 aliphatic heterocycles. The van der Waals surface area contributed by atoms with E-state index in [0.717, 1.165) is 10.2 Å². The monoisotopic (exact) mass is 323 g/mol. The number of hydrogen-bond donors (Lipinski definition) is 1. The smallest absolute Gasteiger partial charge is 0.150 e. The molecule has 1 saturated heterocycles. The lowest BCUT2D eigenvalue weighted by molar-refractivity contribution is 0.424. The Morgan fingerprint density at radius 1 is 1.56 bits per heavy atom. The molecule has 3 nitrogen and oxygen atoms in total. The molecule has 1 aromatic rings. The molecule has 16 heavy (non-hydrogen) atoms. The van der Waals surface area contributed by atoms with Crippen LogP contribution >= 0.6 is 27.3 Å². The van der Waals surface area contributed by atoms with E-state index in [1.165, 1.54) is 4.88 Å². The van der Waals surface area contributed by atoms with Crippen LogP contribution in [0.4, 0.5) is 0 Å². The van der Waals surface area contributed by atoms with Gasteiger partial charge < -0.3 is 5.32 Å². The quantitative estimate of drug-likeness (QED) is 0.927. The molecular weight excluding hydrogens is 310 g/mol. The first-order valence-electron chi connectivity index (χ1n) is 5.15. The van der Waals surface area contributed by atoms with Crippen LogP contribution in [0, 0.1) is 5.92 Å². The summed E-state index contributed by atoms with van der Waals surface area (Å²) in [6.45, 7) is 0. The van der Waals surface area contributed by atoms with E-state index in [-0.39, 0.29) is 12.0 Å². The SMILES string of the molecule is CNC(c1ccc(Br)s1)C1CCS(=O)(=O)C1. The van der Waals surface area contributed by atoms with Crippen molar-refractivity contribution in [3.63, 3.8) is 0 Å². The Morgan fingerprint density at radius 3 is 2.75 bits per heavy atom. The topological polar surface area (TPSA) is 46.2 Å². The van der Waals surface area contributed by atoms with Crippen LogP contribution < -0.4 is 5.32 Å². The van der Waals surface area contributed by atoms with E-state index in [2.05, 4.69) is 27.3 Å². The minimum absolute atomic E-state index is 0.161. The van der Waals surface area contributed by atoms with E-state index in [1.807, 2.05) is 13.1 Å². The van der Waals surface area contributed by atoms with Crippen LogP contribution in [0.15, 0.2) is 15.9 Å². The zero-order valence-electron chi connectivity index (χ0n) is 8.94. The second-order valence-corrected chi connectivity index (χ2v) is 8.79. The summed E-state index contributed by atoms with van der Waals surface area (Å²) in [6.07, 6.45) is 0.767. The van der Waals surface area contributed by atoms with Crippen molar-refractivity contribution in [1.82, 2.24) is 5.32 Å². The molecule has 0 aromatic carbocycles. The molecule has 2 rings (SSSR count). The lowest BCUT2D eigenvalue weighted by Gasteiger charge is -2.20. The van der Waals surface area contributed by atoms with Gasteiger partial charge in [-0.1, -0.05) is 0 Å². The van der Waals surface area contributed by atoms with E-state index in [0.29, 0.717) is 11.5 Å². The van der Waals surface area contributed by atoms with Crippen LogP contribution in [0.5, 0.6) is 0 Å². The molecule has 0 saturated carbocycles. The van der Waals surface area contributed by atoms with Gasteiger partial charge in [0.2, 0.25) is 0 Å². The molecule has 6 heteroatoms. The van der Waals surface area contributed by atoms with Crippen LogP contribution in [0.2, 0.25) is 0 Å². The Labute approximate surface area is 108 Å². The standard InChI is InChI=1S/C10H14BrNO2S2/c1-12-10(8-2-3-9(11)15-8)7-4-5-16(13,14)6-7/h2-3,7,10,12H,4-6H2,1H3. The second kappa shape index (κ2) is 4.76. The molecule has 1 aliphatic rings. The van der Waals surface area contributed by atoms with Crippen LogP contribution in [0.25, 0.3) is 0 Å². The van der Waals surface area contributed by atoms with Gasteiger partial charge in [0.1, 0.15) is 0 Å². The van der Waals surface area contributed by atoms with Gasteiger partial charge in [0, 0.05) is 10.9 Å². The van der Waals surface area contributed by atoms with Crippen molar-refractivity contribution in [2.75, 3.05) is 18.6 Å². The molecule has 0 radical (unpaired) electrons. The van der Waals surface area contributed by atoms with Crippen LogP contribution in [-0.4, -0.2) is 27.0 Å². The third kappa shape index (κ3) is 2.67. The zero-order chi connectivity index (χ0) is 11.8. The van der Waals surface area contributed by atoms with Crippen molar-refractivity contribution in [3.8, 4) is 0 Å². The third-order valence-electron chi connectivity index (χ3n) is 2.95. The summed E-state index contributed by atoms with van der Waals surface area (Å²) >= 11 is 5.10. The average Bonchev–Trinajstić information content (AvgIpc) is 2.75. The Morgan fingerprint density at radius 2 is 2.31 bits per heavy atom. The maximum atomic E-state index is 11.5. The van der Waals surface area contributed by atoms with E-state index < -0.39 is 9.84 Å². The Bertz CT molecular complexity index is 469. The van der Waals surface area contributed by atoms with Gasteiger partial charge in [-0.15, -0.1) is 11.3 Å². The van der Waals surface area contributed by atoms with E-state index in [9.17, 15) is 8.42 Å². The first-order valence-corrected chi connectivity index (χ1v) is 8.58. The maximum Gasteiger partial charge on any atom is 0.150 e. The first kappa shape index (κ1) is 12.5. The van der Waals surface area contributed by atoms with Crippen LogP contribution in [0.1, 0.15) is 17.3 Å². The van der Waals surface area contributed by atoms with E-state index in [1.54, 1.807) is 11.3 Å². The highest BCUT2D eigenvalue weighted by atomic mass is 79.9. The van der Waals surface area contributed by atoms with Gasteiger partial charge in [-0.3, -0.25) is 0 Å². The predicted octanol–water partition coefficient (Wildman–Crippen LogP) is 2.21. The number of halogens is 1. The fourth-order valence-corrected chi connectivity index (χ4v) is 5.66. The van der Waals surface area contributed by atoms with Crippen molar-refractivity contribution in [3.05, 3.63) is 20.8 Å². The summed E-state index contributed by atoms with van der Waals surface area (Å²) in [5.74, 6) is 0.858. The van der Waals surface area contributed by atoms with Crippen molar-refractivity contribution in [2.24, 2.45) is 5.92 Å². The Hall–Kier alpha value is 0.0900. The molecule has 2 heterocycles. The average molecular weight is 324 g/mol. The number of rotatable bonds is 3. The number of thiophene rings is 1. The van der Waals surface area contributed by atoms with Gasteiger partial charge in [0.25, 0.3) is 0 Å². The minimum atomic E-state index is -2.80. The van der Waals surface area contributed by atoms with E-state index in [4.69, 9.17) is 0 Å². The fraction of sp³-hybridized carbons (Fsp3) is 0.600. The summed E-state index contributed by atoms with van der Waals surface area (Å²) in [7, 11) is -0.907. The number of nitrogens with one attached hydrogen (secondary N) is 1. The molecule has 0 bridgehead atoms. The second-order valence-electron chi connectivity index (χ2n) is 4.07. The molecule has 1 N–H and O–H groups in total. The lowest BCUT2D eigenvalue weighted by atomic mass is 9.98. The molecule has 2 unspecified atom stereocenters. The summed E-state index contributed by atoms with van der Waals surface area (Å²) in [4.78, 5) is 1.21. The minimum Gasteiger partial charge on any atom is -0.312 e. The molecule has 90 valence electrons. The normalized spacial score (nSPS) is 25.8. The molecule has 0 spiro atoms. The summed E-state index contributed by atoms with van der Waals surface area (Å²) in [6, 6.07) is 4.22. The predicted molar refractivity (Wildman–Crippen MR) is 70.6 cm³/mol. The van der Waals surface area contributed by atoms with E-state index >= 15 is 0 Å². The highest BCUT2D eigenvalue weighted by Gasteiger charge is 2.34. The van der Waals surface area contributed by atoms with Crippen LogP contribution in [0.3, 0.4) is 0 Å². The summed E-state index contributed by atoms with van der Waals surface area (Å²) in [5.41, 5.74) is 0. The highest BCUT2D eigenvalue weighted by Crippen LogP contribution is 2.35. The van der Waals surface area contributed by atoms with Crippen molar-refractivity contribution in [2.45, 2.75) is 12.5 Å². The molecular formula is C10H14BrNO2S2. The Balaban J connectivity index is 2.18. The molecule has 0 aliphatic carbocycles. The third-order valence-corrected chi connectivity index (χ3v) is 6.45. The largest absolute Gasteiger partial charge is 0.312 e. The van der Waals surface area contributed by atoms with Crippen LogP contribution in [-0.2, 0) is 9.84 Å². The van der Waals surface area contributed by atoms with Gasteiger partial charge in [-0.25, -0.2) is 8.42 Å². The summed E-state index contributed by atoms with van der Waals surface area (Å²) in [5, 5.41) is 3.24. The molecule has 2 atom stereocenters. The van der Waals surface area contributed by atoms with Gasteiger partial charge in [-0.2, -0.15) is 0 Å². The van der Waals surface area contributed by atoms with Gasteiger partial charge >= 0.3 is 0 Å². The van der Waals surface area contributed by atoms with Gasteiger partial charge in [0.15, 0.2) is 9.84 Å². The Kier molecular flexibility index (Phi) is 3.73. The first-order chi connectivity index (χ1) is 7.52. The highest BCUT2D eigenvalue weighted by molar-refractivity contribution is 9.11. The van der Waals surface area contributed by atoms with Crippen molar-refractivity contribution in [1.29, 1.82) is 0 Å². The summed E-state index contributed by atoms with van der Waals surface area (Å²) < 4.78 is 24.0. The molecule has 1 aromatic heterocycles. The lowest BCUT2D eigenvalue weighted by Crippen LogP contribution is -2.25. The zero-order valence-corrected chi connectivity index (χ0v) is 12.2. The molecule has 0 amide bonds.